The minimum absolute atomic E-state index is 0.156. The molecule has 1 amide bonds. The molecule has 0 bridgehead atoms. The summed E-state index contributed by atoms with van der Waals surface area (Å²) in [4.78, 5) is 16.6. The molecule has 0 radical (unpaired) electrons. The van der Waals surface area contributed by atoms with E-state index in [1.165, 1.54) is 23.3 Å². The molecule has 0 atom stereocenters. The largest absolute Gasteiger partial charge is 0.443 e. The van der Waals surface area contributed by atoms with Crippen molar-refractivity contribution >= 4 is 17.7 Å². The highest BCUT2D eigenvalue weighted by Crippen LogP contribution is 2.34. The Morgan fingerprint density at radius 1 is 1.30 bits per heavy atom. The Balaban J connectivity index is 1.76. The Labute approximate surface area is 174 Å². The zero-order valence-electron chi connectivity index (χ0n) is 16.8. The molecule has 0 spiro atoms. The normalized spacial score (nSPS) is 14.1. The van der Waals surface area contributed by atoms with Gasteiger partial charge in [-0.05, 0) is 37.3 Å². The second-order valence-corrected chi connectivity index (χ2v) is 7.31. The fourth-order valence-corrected chi connectivity index (χ4v) is 3.75. The molecule has 4 N–H and O–H groups in total. The molecule has 1 saturated heterocycles. The van der Waals surface area contributed by atoms with E-state index < -0.39 is 17.9 Å². The highest BCUT2D eigenvalue weighted by Gasteiger charge is 2.26. The van der Waals surface area contributed by atoms with Gasteiger partial charge >= 0.3 is 6.09 Å². The van der Waals surface area contributed by atoms with Crippen LogP contribution in [0.2, 0.25) is 0 Å². The molecule has 0 saturated carbocycles. The van der Waals surface area contributed by atoms with Crippen LogP contribution in [-0.4, -0.2) is 25.1 Å². The first-order valence-corrected chi connectivity index (χ1v) is 9.68. The lowest BCUT2D eigenvalue weighted by atomic mass is 9.88. The molecule has 30 heavy (non-hydrogen) atoms. The Kier molecular flexibility index (Phi) is 6.52. The summed E-state index contributed by atoms with van der Waals surface area (Å²) >= 11 is 0. The maximum Gasteiger partial charge on any atom is 0.437 e. The number of carbonyl (C=O) groups excluding carboxylic acids is 1. The number of anilines is 1. The summed E-state index contributed by atoms with van der Waals surface area (Å²) in [7, 11) is 0. The van der Waals surface area contributed by atoms with Gasteiger partial charge in [0, 0.05) is 18.7 Å². The highest BCUT2D eigenvalue weighted by molar-refractivity contribution is 5.87. The smallest absolute Gasteiger partial charge is 0.437 e. The summed E-state index contributed by atoms with van der Waals surface area (Å²) in [5.41, 5.74) is 13.4. The summed E-state index contributed by atoms with van der Waals surface area (Å²) in [5.74, 6) is -0.600. The molecule has 1 heterocycles. The van der Waals surface area contributed by atoms with Crippen molar-refractivity contribution in [2.45, 2.75) is 32.3 Å². The molecule has 1 aliphatic rings. The number of carbonyl (C=O) groups is 1. The Bertz CT molecular complexity index is 1000. The number of benzene rings is 2. The number of nitriles is 1. The average Bonchev–Trinajstić information content (AvgIpc) is 2.72. The Morgan fingerprint density at radius 2 is 2.03 bits per heavy atom. The zero-order chi connectivity index (χ0) is 21.7. The molecule has 0 aromatic heterocycles. The van der Waals surface area contributed by atoms with Crippen molar-refractivity contribution in [3.05, 3.63) is 64.5 Å². The van der Waals surface area contributed by atoms with E-state index >= 15 is 4.39 Å². The van der Waals surface area contributed by atoms with E-state index in [-0.39, 0.29) is 23.4 Å². The summed E-state index contributed by atoms with van der Waals surface area (Å²) in [6.45, 7) is 2.99. The SMILES string of the molecule is Cc1cccc(C2CCN(c3c(C#N)ccc(COC(=O)N=C(N)N)c3F)CC2)c1. The molecule has 1 fully saturated rings. The van der Waals surface area contributed by atoms with Crippen molar-refractivity contribution in [1.82, 2.24) is 0 Å². The van der Waals surface area contributed by atoms with Crippen molar-refractivity contribution in [3.63, 3.8) is 0 Å². The second-order valence-electron chi connectivity index (χ2n) is 7.31. The van der Waals surface area contributed by atoms with Crippen LogP contribution in [0, 0.1) is 24.1 Å². The third kappa shape index (κ3) is 4.87. The molecule has 2 aromatic carbocycles. The monoisotopic (exact) mass is 409 g/mol. The minimum atomic E-state index is -1.00. The lowest BCUT2D eigenvalue weighted by Crippen LogP contribution is -2.34. The van der Waals surface area contributed by atoms with Crippen LogP contribution < -0.4 is 16.4 Å². The molecular weight excluding hydrogens is 385 g/mol. The zero-order valence-corrected chi connectivity index (χ0v) is 16.8. The van der Waals surface area contributed by atoms with Gasteiger partial charge in [-0.2, -0.15) is 5.26 Å². The van der Waals surface area contributed by atoms with Crippen LogP contribution in [0.25, 0.3) is 0 Å². The van der Waals surface area contributed by atoms with Crippen molar-refractivity contribution in [1.29, 1.82) is 5.26 Å². The van der Waals surface area contributed by atoms with E-state index in [1.54, 1.807) is 0 Å². The Morgan fingerprint density at radius 3 is 2.67 bits per heavy atom. The topological polar surface area (TPSA) is 118 Å². The first-order chi connectivity index (χ1) is 14.4. The molecule has 1 aliphatic heterocycles. The quantitative estimate of drug-likeness (QED) is 0.591. The number of ether oxygens (including phenoxy) is 1. The summed E-state index contributed by atoms with van der Waals surface area (Å²) < 4.78 is 20.1. The lowest BCUT2D eigenvalue weighted by molar-refractivity contribution is 0.149. The maximum atomic E-state index is 15.2. The third-order valence-electron chi connectivity index (χ3n) is 5.21. The third-order valence-corrected chi connectivity index (χ3v) is 5.21. The number of hydrogen-bond acceptors (Lipinski definition) is 4. The summed E-state index contributed by atoms with van der Waals surface area (Å²) in [6.07, 6.45) is 0.717. The molecule has 8 heteroatoms. The predicted molar refractivity (Wildman–Crippen MR) is 112 cm³/mol. The molecule has 7 nitrogen and oxygen atoms in total. The molecule has 3 rings (SSSR count). The number of nitrogens with zero attached hydrogens (tertiary/aromatic N) is 3. The number of nitrogens with two attached hydrogens (primary N) is 2. The molecule has 0 aliphatic carbocycles. The second kappa shape index (κ2) is 9.27. The first-order valence-electron chi connectivity index (χ1n) is 9.68. The number of piperidine rings is 1. The van der Waals surface area contributed by atoms with Gasteiger partial charge in [0.1, 0.15) is 12.7 Å². The lowest BCUT2D eigenvalue weighted by Gasteiger charge is -2.35. The fraction of sp³-hybridized carbons (Fsp3) is 0.318. The standard InChI is InChI=1S/C22H24FN5O2/c1-14-3-2-4-16(11-14)15-7-9-28(10-8-15)20-17(12-24)5-6-18(19(20)23)13-30-22(29)27-21(25)26/h2-6,11,15H,7-10,13H2,1H3,(H4,25,26,27,29). The van der Waals surface area contributed by atoms with Crippen LogP contribution in [0.1, 0.15) is 41.0 Å². The van der Waals surface area contributed by atoms with Crippen molar-refractivity contribution < 1.29 is 13.9 Å². The van der Waals surface area contributed by atoms with E-state index in [1.807, 2.05) is 4.90 Å². The van der Waals surface area contributed by atoms with Gasteiger partial charge in [0.05, 0.1) is 11.3 Å². The van der Waals surface area contributed by atoms with E-state index in [4.69, 9.17) is 16.2 Å². The van der Waals surface area contributed by atoms with Crippen LogP contribution in [0.5, 0.6) is 0 Å². The Hall–Kier alpha value is -3.60. The molecule has 156 valence electrons. The van der Waals surface area contributed by atoms with Crippen LogP contribution >= 0.6 is 0 Å². The van der Waals surface area contributed by atoms with Crippen LogP contribution in [-0.2, 0) is 11.3 Å². The van der Waals surface area contributed by atoms with E-state index in [2.05, 4.69) is 42.3 Å². The number of aryl methyl sites for hydroxylation is 1. The van der Waals surface area contributed by atoms with Gasteiger partial charge in [0.15, 0.2) is 11.8 Å². The van der Waals surface area contributed by atoms with Crippen LogP contribution in [0.15, 0.2) is 41.4 Å². The van der Waals surface area contributed by atoms with Gasteiger partial charge in [0.2, 0.25) is 0 Å². The maximum absolute atomic E-state index is 15.2. The number of halogens is 1. The molecule has 2 aromatic rings. The fourth-order valence-electron chi connectivity index (χ4n) is 3.75. The molecule has 0 unspecified atom stereocenters. The van der Waals surface area contributed by atoms with Gasteiger partial charge in [-0.15, -0.1) is 4.99 Å². The minimum Gasteiger partial charge on any atom is -0.443 e. The predicted octanol–water partition coefficient (Wildman–Crippen LogP) is 3.30. The van der Waals surface area contributed by atoms with Gasteiger partial charge in [-0.3, -0.25) is 0 Å². The number of aliphatic imine (C=N–C) groups is 1. The van der Waals surface area contributed by atoms with Gasteiger partial charge < -0.3 is 21.1 Å². The van der Waals surface area contributed by atoms with Gasteiger partial charge in [-0.1, -0.05) is 35.9 Å². The summed E-state index contributed by atoms with van der Waals surface area (Å²) in [6, 6.07) is 13.5. The number of guanidine groups is 1. The molecular formula is C22H24FN5O2. The van der Waals surface area contributed by atoms with E-state index in [0.717, 1.165) is 12.8 Å². The van der Waals surface area contributed by atoms with E-state index in [9.17, 15) is 10.1 Å². The van der Waals surface area contributed by atoms with E-state index in [0.29, 0.717) is 19.0 Å². The highest BCUT2D eigenvalue weighted by atomic mass is 19.1. The average molecular weight is 409 g/mol. The van der Waals surface area contributed by atoms with Crippen LogP contribution in [0.3, 0.4) is 0 Å². The first kappa shape index (κ1) is 21.1. The van der Waals surface area contributed by atoms with Gasteiger partial charge in [-0.25, -0.2) is 9.18 Å². The van der Waals surface area contributed by atoms with Crippen molar-refractivity contribution in [2.75, 3.05) is 18.0 Å². The summed E-state index contributed by atoms with van der Waals surface area (Å²) in [5, 5.41) is 9.47. The van der Waals surface area contributed by atoms with Crippen molar-refractivity contribution in [2.24, 2.45) is 16.5 Å². The number of hydrogen-bond donors (Lipinski definition) is 2. The van der Waals surface area contributed by atoms with Gasteiger partial charge in [0.25, 0.3) is 0 Å². The number of amides is 1. The number of rotatable bonds is 4. The van der Waals surface area contributed by atoms with Crippen molar-refractivity contribution in [3.8, 4) is 6.07 Å². The van der Waals surface area contributed by atoms with Crippen LogP contribution in [0.4, 0.5) is 14.9 Å².